The number of aromatic amines is 1. The molecule has 7 rings (SSSR count). The minimum absolute atomic E-state index is 0.144. The molecule has 4 heterocycles. The molecular weight excluding hydrogens is 725 g/mol. The number of methoxy groups -OCH3 is 3. The minimum Gasteiger partial charge on any atom is -0.497 e. The number of H-pyrrole nitrogens is 1. The highest BCUT2D eigenvalue weighted by atomic mass is 16.5. The predicted molar refractivity (Wildman–Crippen MR) is 221 cm³/mol. The summed E-state index contributed by atoms with van der Waals surface area (Å²) < 4.78 is 25.2. The number of hydrogen-bond acceptors (Lipinski definition) is 10. The average Bonchev–Trinajstić information content (AvgIpc) is 4.01. The third kappa shape index (κ3) is 8.17. The zero-order chi connectivity index (χ0) is 40.1. The Morgan fingerprint density at radius 1 is 1.05 bits per heavy atom. The van der Waals surface area contributed by atoms with Gasteiger partial charge in [-0.3, -0.25) is 9.79 Å². The third-order valence-electron chi connectivity index (χ3n) is 10.5. The van der Waals surface area contributed by atoms with Gasteiger partial charge in [0.25, 0.3) is 0 Å². The molecule has 0 radical (unpaired) electrons. The normalized spacial score (nSPS) is 16.2. The largest absolute Gasteiger partial charge is 0.497 e. The van der Waals surface area contributed by atoms with Crippen molar-refractivity contribution in [2.24, 2.45) is 4.99 Å². The van der Waals surface area contributed by atoms with Crippen LogP contribution in [0.5, 0.6) is 17.2 Å². The van der Waals surface area contributed by atoms with Crippen molar-refractivity contribution < 1.29 is 28.5 Å². The van der Waals surface area contributed by atoms with E-state index >= 15 is 0 Å². The lowest BCUT2D eigenvalue weighted by Gasteiger charge is -2.31. The smallest absolute Gasteiger partial charge is 0.407 e. The molecule has 2 amide bonds. The van der Waals surface area contributed by atoms with Crippen LogP contribution in [0.3, 0.4) is 0 Å². The molecule has 2 aromatic heterocycles. The van der Waals surface area contributed by atoms with Crippen molar-refractivity contribution in [2.75, 3.05) is 61.1 Å². The zero-order valence-corrected chi connectivity index (χ0v) is 33.1. The summed E-state index contributed by atoms with van der Waals surface area (Å²) in [6.07, 6.45) is 5.06. The summed E-state index contributed by atoms with van der Waals surface area (Å²) in [5.41, 5.74) is 7.37. The second-order valence-corrected chi connectivity index (χ2v) is 14.2. The number of aromatic nitrogens is 3. The summed E-state index contributed by atoms with van der Waals surface area (Å²) in [5.74, 6) is 2.50. The van der Waals surface area contributed by atoms with Crippen LogP contribution in [0.2, 0.25) is 0 Å². The molecule has 0 spiro atoms. The molecule has 14 heteroatoms. The number of nitrogens with one attached hydrogen (secondary N) is 3. The number of imidazole rings is 1. The van der Waals surface area contributed by atoms with E-state index in [2.05, 4.69) is 91.9 Å². The monoisotopic (exact) mass is 774 g/mol. The first kappa shape index (κ1) is 39.0. The minimum atomic E-state index is -0.645. The third-order valence-corrected chi connectivity index (χ3v) is 10.5. The van der Waals surface area contributed by atoms with E-state index in [0.29, 0.717) is 29.6 Å². The van der Waals surface area contributed by atoms with Gasteiger partial charge >= 0.3 is 6.09 Å². The van der Waals surface area contributed by atoms with Gasteiger partial charge in [0.05, 0.1) is 56.2 Å². The quantitative estimate of drug-likeness (QED) is 0.100. The second kappa shape index (κ2) is 17.2. The van der Waals surface area contributed by atoms with E-state index in [1.165, 1.54) is 7.11 Å². The Balaban J connectivity index is 1.24. The molecule has 14 nitrogen and oxygen atoms in total. The van der Waals surface area contributed by atoms with Crippen molar-refractivity contribution >= 4 is 35.3 Å². The molecule has 1 fully saturated rings. The molecular formula is C43H50N8O6. The maximum absolute atomic E-state index is 13.0. The number of carbonyl (C=O) groups is 2. The van der Waals surface area contributed by atoms with Crippen molar-refractivity contribution in [3.8, 4) is 39.8 Å². The molecule has 57 heavy (non-hydrogen) atoms. The van der Waals surface area contributed by atoms with Gasteiger partial charge in [-0.1, -0.05) is 19.1 Å². The predicted octanol–water partition coefficient (Wildman–Crippen LogP) is 6.60. The first-order valence-electron chi connectivity index (χ1n) is 19.2. The number of amides is 2. The van der Waals surface area contributed by atoms with Gasteiger partial charge in [0, 0.05) is 54.0 Å². The summed E-state index contributed by atoms with van der Waals surface area (Å²) in [6, 6.07) is 20.3. The molecule has 2 unspecified atom stereocenters. The van der Waals surface area contributed by atoms with Gasteiger partial charge < -0.3 is 48.9 Å². The van der Waals surface area contributed by atoms with Crippen LogP contribution in [0.1, 0.15) is 55.4 Å². The van der Waals surface area contributed by atoms with Crippen molar-refractivity contribution in [1.82, 2.24) is 35.0 Å². The van der Waals surface area contributed by atoms with Gasteiger partial charge in [0.2, 0.25) is 12.1 Å². The van der Waals surface area contributed by atoms with Crippen LogP contribution in [-0.2, 0) is 9.53 Å². The number of alkyl carbamates (subject to hydrolysis) is 1. The van der Waals surface area contributed by atoms with E-state index in [1.54, 1.807) is 31.5 Å². The van der Waals surface area contributed by atoms with Gasteiger partial charge in [0.1, 0.15) is 29.6 Å². The first-order valence-corrected chi connectivity index (χ1v) is 19.2. The van der Waals surface area contributed by atoms with Gasteiger partial charge in [-0.25, -0.2) is 9.78 Å². The summed E-state index contributed by atoms with van der Waals surface area (Å²) in [4.78, 5) is 40.9. The standard InChI is InChI=1S/C43H50N8O6/c1-7-15-49(3)17-14-45-34(24-44-2)27-11-13-36-29(18-27)21-38-33-12-10-28(22-39(33)57-42(51(36)38)30-19-31(54-4)23-32(20-30)55-5)35-25-46-41(48-35)37-9-8-16-50(37)40(52)26-47-43(53)56-6/h10-13,18-25,37,42,45H,2,7-9,14-17,26H2,1,3-6H3,(H,46,48)(H,47,53)/b34-24-. The van der Waals surface area contributed by atoms with Crippen LogP contribution in [0, 0.1) is 0 Å². The second-order valence-electron chi connectivity index (χ2n) is 14.2. The highest BCUT2D eigenvalue weighted by Crippen LogP contribution is 2.46. The lowest BCUT2D eigenvalue weighted by molar-refractivity contribution is -0.131. The number of fused-ring (bicyclic) bond motifs is 5. The molecule has 0 bridgehead atoms. The fourth-order valence-corrected chi connectivity index (χ4v) is 7.74. The molecule has 3 aromatic carbocycles. The summed E-state index contributed by atoms with van der Waals surface area (Å²) in [5, 5.41) is 7.09. The number of likely N-dealkylation sites (tertiary alicyclic amines) is 1. The Kier molecular flexibility index (Phi) is 11.8. The highest BCUT2D eigenvalue weighted by molar-refractivity contribution is 5.92. The number of hydrogen-bond donors (Lipinski definition) is 3. The van der Waals surface area contributed by atoms with Crippen molar-refractivity contribution in [3.05, 3.63) is 90.0 Å². The number of ether oxygens (including phenoxy) is 4. The number of benzene rings is 3. The Hall–Kier alpha value is -6.28. The average molecular weight is 775 g/mol. The SMILES string of the molecule is C=N/C=C(\NCCN(C)CCC)c1ccc2c(c1)cc1n2C(c2cc(OC)cc(OC)c2)Oc2cc(-c3cnc(C4CCCN4C(=O)CNC(=O)OC)[nH]3)ccc2-1. The van der Waals surface area contributed by atoms with Gasteiger partial charge in [-0.05, 0) is 87.6 Å². The van der Waals surface area contributed by atoms with Gasteiger partial charge in [-0.2, -0.15) is 0 Å². The zero-order valence-electron chi connectivity index (χ0n) is 33.1. The Labute approximate surface area is 332 Å². The van der Waals surface area contributed by atoms with Crippen molar-refractivity contribution in [1.29, 1.82) is 0 Å². The summed E-state index contributed by atoms with van der Waals surface area (Å²) in [6.45, 7) is 9.07. The van der Waals surface area contributed by atoms with Gasteiger partial charge in [-0.15, -0.1) is 0 Å². The van der Waals surface area contributed by atoms with Crippen molar-refractivity contribution in [3.63, 3.8) is 0 Å². The van der Waals surface area contributed by atoms with Crippen LogP contribution in [0.25, 0.3) is 39.1 Å². The number of aliphatic imine (C=N–C) groups is 1. The van der Waals surface area contributed by atoms with E-state index in [9.17, 15) is 9.59 Å². The van der Waals surface area contributed by atoms with Crippen molar-refractivity contribution in [2.45, 2.75) is 38.5 Å². The summed E-state index contributed by atoms with van der Waals surface area (Å²) in [7, 11) is 6.67. The van der Waals surface area contributed by atoms with Crippen LogP contribution in [0.4, 0.5) is 4.79 Å². The lowest BCUT2D eigenvalue weighted by Crippen LogP contribution is -2.40. The fourth-order valence-electron chi connectivity index (χ4n) is 7.74. The first-order chi connectivity index (χ1) is 27.7. The van der Waals surface area contributed by atoms with Gasteiger partial charge in [0.15, 0.2) is 0 Å². The van der Waals surface area contributed by atoms with E-state index in [-0.39, 0.29) is 18.5 Å². The number of rotatable bonds is 15. The molecule has 3 N–H and O–H groups in total. The Morgan fingerprint density at radius 2 is 1.86 bits per heavy atom. The topological polar surface area (TPSA) is 148 Å². The molecule has 2 aliphatic rings. The number of carbonyl (C=O) groups excluding carboxylic acids is 2. The molecule has 2 atom stereocenters. The lowest BCUT2D eigenvalue weighted by atomic mass is 10.0. The molecule has 0 aliphatic carbocycles. The molecule has 298 valence electrons. The van der Waals surface area contributed by atoms with Crippen LogP contribution < -0.4 is 24.8 Å². The van der Waals surface area contributed by atoms with E-state index < -0.39 is 12.3 Å². The van der Waals surface area contributed by atoms with Crippen LogP contribution >= 0.6 is 0 Å². The van der Waals surface area contributed by atoms with E-state index in [0.717, 1.165) is 89.1 Å². The van der Waals surface area contributed by atoms with E-state index in [4.69, 9.17) is 19.2 Å². The summed E-state index contributed by atoms with van der Waals surface area (Å²) >= 11 is 0. The number of likely N-dealkylation sites (N-methyl/N-ethyl adjacent to an activating group) is 1. The van der Waals surface area contributed by atoms with E-state index in [1.807, 2.05) is 24.3 Å². The molecule has 1 saturated heterocycles. The Morgan fingerprint density at radius 3 is 2.60 bits per heavy atom. The maximum atomic E-state index is 13.0. The Bertz CT molecular complexity index is 2270. The fraction of sp³-hybridized carbons (Fsp3) is 0.349. The molecule has 2 aliphatic heterocycles. The maximum Gasteiger partial charge on any atom is 0.407 e. The molecule has 0 saturated carbocycles. The van der Waals surface area contributed by atoms with Crippen LogP contribution in [-0.4, -0.2) is 104 Å². The molecule has 5 aromatic rings. The highest BCUT2D eigenvalue weighted by Gasteiger charge is 2.33. The van der Waals surface area contributed by atoms with Crippen LogP contribution in [0.15, 0.2) is 78.1 Å². The number of nitrogens with zero attached hydrogens (tertiary/aromatic N) is 5.